The van der Waals surface area contributed by atoms with Gasteiger partial charge in [0.05, 0.1) is 5.56 Å². The van der Waals surface area contributed by atoms with Gasteiger partial charge in [-0.05, 0) is 18.9 Å². The molecule has 0 aliphatic carbocycles. The molecule has 0 aromatic carbocycles. The van der Waals surface area contributed by atoms with E-state index in [1.54, 1.807) is 12.3 Å². The Hall–Kier alpha value is -1.98. The summed E-state index contributed by atoms with van der Waals surface area (Å²) < 4.78 is 1.45. The SMILES string of the molecule is CC(C)NC(=O)c1cc[n+](CCC(=O)[O-])nc1. The zero-order chi connectivity index (χ0) is 12.8. The van der Waals surface area contributed by atoms with Gasteiger partial charge >= 0.3 is 0 Å². The number of carboxylic acid groups (broad SMARTS) is 1. The van der Waals surface area contributed by atoms with Crippen LogP contribution >= 0.6 is 0 Å². The Morgan fingerprint density at radius 2 is 2.24 bits per heavy atom. The highest BCUT2D eigenvalue weighted by Gasteiger charge is 2.10. The number of aliphatic carboxylic acids is 1. The molecule has 0 bridgehead atoms. The minimum absolute atomic E-state index is 0.0629. The van der Waals surface area contributed by atoms with Gasteiger partial charge in [-0.15, -0.1) is 0 Å². The van der Waals surface area contributed by atoms with Gasteiger partial charge in [-0.3, -0.25) is 4.79 Å². The van der Waals surface area contributed by atoms with Gasteiger partial charge in [0.25, 0.3) is 5.91 Å². The highest BCUT2D eigenvalue weighted by Crippen LogP contribution is 1.94. The molecule has 17 heavy (non-hydrogen) atoms. The molecule has 1 heterocycles. The van der Waals surface area contributed by atoms with Gasteiger partial charge in [0, 0.05) is 24.5 Å². The largest absolute Gasteiger partial charge is 0.550 e. The van der Waals surface area contributed by atoms with E-state index < -0.39 is 5.97 Å². The van der Waals surface area contributed by atoms with Gasteiger partial charge < -0.3 is 15.2 Å². The maximum absolute atomic E-state index is 11.6. The molecule has 1 aromatic rings. The normalized spacial score (nSPS) is 10.3. The van der Waals surface area contributed by atoms with Crippen LogP contribution in [0.2, 0.25) is 0 Å². The fraction of sp³-hybridized carbons (Fsp3) is 0.455. The van der Waals surface area contributed by atoms with E-state index in [0.717, 1.165) is 0 Å². The van der Waals surface area contributed by atoms with Crippen molar-refractivity contribution in [3.63, 3.8) is 0 Å². The Balaban J connectivity index is 2.61. The standard InChI is InChI=1S/C11H15N3O3/c1-8(2)13-11(17)9-3-5-14(12-7-9)6-4-10(15)16/h3,5,7-8H,4,6H2,1-2H3,(H-,13,15,16,17). The van der Waals surface area contributed by atoms with E-state index in [9.17, 15) is 14.7 Å². The summed E-state index contributed by atoms with van der Waals surface area (Å²) in [6.07, 6.45) is 2.88. The van der Waals surface area contributed by atoms with E-state index >= 15 is 0 Å². The lowest BCUT2D eigenvalue weighted by Gasteiger charge is -2.06. The number of hydrogen-bond donors (Lipinski definition) is 1. The smallest absolute Gasteiger partial charge is 0.253 e. The van der Waals surface area contributed by atoms with Gasteiger partial charge in [-0.2, -0.15) is 0 Å². The molecule has 6 heteroatoms. The summed E-state index contributed by atoms with van der Waals surface area (Å²) in [6.45, 7) is 3.97. The highest BCUT2D eigenvalue weighted by molar-refractivity contribution is 5.93. The highest BCUT2D eigenvalue weighted by atomic mass is 16.4. The number of hydrogen-bond acceptors (Lipinski definition) is 4. The summed E-state index contributed by atoms with van der Waals surface area (Å²) in [5, 5.41) is 16.9. The van der Waals surface area contributed by atoms with Crippen LogP contribution in [-0.4, -0.2) is 23.0 Å². The van der Waals surface area contributed by atoms with Crippen molar-refractivity contribution in [3.8, 4) is 0 Å². The number of amides is 1. The summed E-state index contributed by atoms with van der Waals surface area (Å²) in [4.78, 5) is 21.8. The molecular formula is C11H15N3O3. The van der Waals surface area contributed by atoms with Gasteiger partial charge in [0.2, 0.25) is 0 Å². The number of nitrogens with one attached hydrogen (secondary N) is 1. The van der Waals surface area contributed by atoms with Crippen molar-refractivity contribution in [1.82, 2.24) is 10.4 Å². The molecule has 6 nitrogen and oxygen atoms in total. The lowest BCUT2D eigenvalue weighted by atomic mass is 10.2. The van der Waals surface area contributed by atoms with Crippen molar-refractivity contribution in [2.45, 2.75) is 32.9 Å². The van der Waals surface area contributed by atoms with Gasteiger partial charge in [0.1, 0.15) is 6.20 Å². The summed E-state index contributed by atoms with van der Waals surface area (Å²) in [6, 6.07) is 1.66. The molecule has 0 saturated carbocycles. The molecule has 0 aliphatic rings. The van der Waals surface area contributed by atoms with Crippen LogP contribution < -0.4 is 15.1 Å². The van der Waals surface area contributed by atoms with Crippen molar-refractivity contribution in [1.29, 1.82) is 0 Å². The molecule has 0 spiro atoms. The quantitative estimate of drug-likeness (QED) is 0.641. The first-order chi connectivity index (χ1) is 7.99. The first kappa shape index (κ1) is 13.1. The van der Waals surface area contributed by atoms with Crippen LogP contribution in [0.1, 0.15) is 30.6 Å². The van der Waals surface area contributed by atoms with Crippen molar-refractivity contribution in [3.05, 3.63) is 24.0 Å². The third-order valence-electron chi connectivity index (χ3n) is 2.00. The number of carbonyl (C=O) groups is 2. The Morgan fingerprint density at radius 1 is 1.53 bits per heavy atom. The number of aryl methyl sites for hydroxylation is 1. The number of nitrogens with zero attached hydrogens (tertiary/aromatic N) is 2. The molecule has 0 unspecified atom stereocenters. The fourth-order valence-corrected chi connectivity index (χ4v) is 1.20. The third kappa shape index (κ3) is 4.58. The zero-order valence-corrected chi connectivity index (χ0v) is 9.84. The van der Waals surface area contributed by atoms with Crippen molar-refractivity contribution >= 4 is 11.9 Å². The predicted octanol–water partition coefficient (Wildman–Crippen LogP) is -1.35. The minimum atomic E-state index is -1.12. The fourth-order valence-electron chi connectivity index (χ4n) is 1.20. The number of carboxylic acids is 1. The van der Waals surface area contributed by atoms with Crippen LogP contribution in [0.4, 0.5) is 0 Å². The van der Waals surface area contributed by atoms with Crippen LogP contribution in [-0.2, 0) is 11.3 Å². The second-order valence-corrected chi connectivity index (χ2v) is 3.93. The van der Waals surface area contributed by atoms with E-state index in [4.69, 9.17) is 0 Å². The Morgan fingerprint density at radius 3 is 2.71 bits per heavy atom. The molecule has 0 atom stereocenters. The maximum Gasteiger partial charge on any atom is 0.253 e. The molecule has 0 radical (unpaired) electrons. The second kappa shape index (κ2) is 5.93. The topological polar surface area (TPSA) is 86.0 Å². The van der Waals surface area contributed by atoms with Crippen LogP contribution in [0.15, 0.2) is 18.5 Å². The number of rotatable bonds is 5. The first-order valence-electron chi connectivity index (χ1n) is 5.35. The molecular weight excluding hydrogens is 222 g/mol. The monoisotopic (exact) mass is 237 g/mol. The molecule has 92 valence electrons. The lowest BCUT2D eigenvalue weighted by molar-refractivity contribution is -0.753. The summed E-state index contributed by atoms with van der Waals surface area (Å²) in [5.74, 6) is -1.32. The van der Waals surface area contributed by atoms with Gasteiger partial charge in [-0.25, -0.2) is 0 Å². The van der Waals surface area contributed by atoms with E-state index in [2.05, 4.69) is 10.4 Å². The van der Waals surface area contributed by atoms with Gasteiger partial charge in [-0.1, -0.05) is 4.68 Å². The van der Waals surface area contributed by atoms with Crippen molar-refractivity contribution in [2.24, 2.45) is 0 Å². The number of carbonyl (C=O) groups excluding carboxylic acids is 2. The summed E-state index contributed by atoms with van der Waals surface area (Å²) >= 11 is 0. The first-order valence-corrected chi connectivity index (χ1v) is 5.35. The average Bonchev–Trinajstić information content (AvgIpc) is 2.26. The molecule has 1 N–H and O–H groups in total. The Bertz CT molecular complexity index is 401. The van der Waals surface area contributed by atoms with Crippen molar-refractivity contribution in [2.75, 3.05) is 0 Å². The predicted molar refractivity (Wildman–Crippen MR) is 56.7 cm³/mol. The van der Waals surface area contributed by atoms with Gasteiger partial charge in [0.15, 0.2) is 12.7 Å². The molecule has 0 saturated heterocycles. The van der Waals surface area contributed by atoms with E-state index in [0.29, 0.717) is 5.56 Å². The Labute approximate surface area is 99.3 Å². The van der Waals surface area contributed by atoms with Crippen LogP contribution in [0, 0.1) is 0 Å². The molecule has 1 amide bonds. The van der Waals surface area contributed by atoms with Crippen LogP contribution in [0.5, 0.6) is 0 Å². The molecule has 0 fully saturated rings. The average molecular weight is 237 g/mol. The van der Waals surface area contributed by atoms with E-state index in [1.165, 1.54) is 10.9 Å². The Kier molecular flexibility index (Phi) is 4.56. The van der Waals surface area contributed by atoms with Crippen molar-refractivity contribution < 1.29 is 19.4 Å². The molecule has 1 aromatic heterocycles. The van der Waals surface area contributed by atoms with E-state index in [1.807, 2.05) is 13.8 Å². The minimum Gasteiger partial charge on any atom is -0.550 e. The van der Waals surface area contributed by atoms with E-state index in [-0.39, 0.29) is 24.9 Å². The molecule has 1 rings (SSSR count). The lowest BCUT2D eigenvalue weighted by Crippen LogP contribution is -2.41. The molecule has 0 aliphatic heterocycles. The van der Waals surface area contributed by atoms with Crippen LogP contribution in [0.25, 0.3) is 0 Å². The maximum atomic E-state index is 11.6. The zero-order valence-electron chi connectivity index (χ0n) is 9.84. The second-order valence-electron chi connectivity index (χ2n) is 3.93. The van der Waals surface area contributed by atoms with Crippen LogP contribution in [0.3, 0.4) is 0 Å². The summed E-state index contributed by atoms with van der Waals surface area (Å²) in [5.41, 5.74) is 0.448. The third-order valence-corrected chi connectivity index (χ3v) is 2.00. The number of aromatic nitrogens is 2. The summed E-state index contributed by atoms with van der Waals surface area (Å²) in [7, 11) is 0.